The first-order valence-corrected chi connectivity index (χ1v) is 7.89. The number of rotatable bonds is 6. The Morgan fingerprint density at radius 2 is 1.73 bits per heavy atom. The standard InChI is InChI=1S/C17H28N2O3/c1-19(14-6-5-8-18-9-7-14)12-13-10-15(20-2)17(22-4)16(11-13)21-3/h10-11,14,18H,5-9,12H2,1-4H3. The molecule has 0 aliphatic carbocycles. The van der Waals surface area contributed by atoms with Crippen LogP contribution in [0.1, 0.15) is 24.8 Å². The van der Waals surface area contributed by atoms with Crippen LogP contribution in [0.25, 0.3) is 0 Å². The van der Waals surface area contributed by atoms with Crippen molar-refractivity contribution in [1.29, 1.82) is 0 Å². The van der Waals surface area contributed by atoms with Gasteiger partial charge in [-0.1, -0.05) is 0 Å². The Bertz CT molecular complexity index is 446. The van der Waals surface area contributed by atoms with E-state index in [9.17, 15) is 0 Å². The zero-order chi connectivity index (χ0) is 15.9. The molecule has 1 unspecified atom stereocenters. The van der Waals surface area contributed by atoms with Crippen molar-refractivity contribution in [2.24, 2.45) is 0 Å². The Hall–Kier alpha value is -1.46. The molecule has 1 aliphatic heterocycles. The average Bonchev–Trinajstić information content (AvgIpc) is 2.83. The van der Waals surface area contributed by atoms with Crippen molar-refractivity contribution in [1.82, 2.24) is 10.2 Å². The maximum absolute atomic E-state index is 5.43. The van der Waals surface area contributed by atoms with Crippen molar-refractivity contribution in [3.63, 3.8) is 0 Å². The molecule has 22 heavy (non-hydrogen) atoms. The van der Waals surface area contributed by atoms with Gasteiger partial charge in [-0.15, -0.1) is 0 Å². The highest BCUT2D eigenvalue weighted by Gasteiger charge is 2.19. The van der Waals surface area contributed by atoms with Crippen LogP contribution in [0.2, 0.25) is 0 Å². The molecule has 1 aromatic rings. The Morgan fingerprint density at radius 1 is 1.05 bits per heavy atom. The van der Waals surface area contributed by atoms with Gasteiger partial charge >= 0.3 is 0 Å². The molecule has 5 heteroatoms. The van der Waals surface area contributed by atoms with Gasteiger partial charge in [-0.3, -0.25) is 4.90 Å². The first-order valence-electron chi connectivity index (χ1n) is 7.89. The summed E-state index contributed by atoms with van der Waals surface area (Å²) in [5, 5.41) is 3.46. The normalized spacial score (nSPS) is 18.9. The lowest BCUT2D eigenvalue weighted by Gasteiger charge is -2.27. The monoisotopic (exact) mass is 308 g/mol. The molecule has 0 bridgehead atoms. The minimum atomic E-state index is 0.620. The van der Waals surface area contributed by atoms with Gasteiger partial charge in [0.1, 0.15) is 0 Å². The molecule has 1 aromatic carbocycles. The molecule has 0 aromatic heterocycles. The minimum absolute atomic E-state index is 0.620. The van der Waals surface area contributed by atoms with Gasteiger partial charge in [0.2, 0.25) is 5.75 Å². The Balaban J connectivity index is 2.14. The van der Waals surface area contributed by atoms with Gasteiger partial charge < -0.3 is 19.5 Å². The fourth-order valence-electron chi connectivity index (χ4n) is 3.09. The van der Waals surface area contributed by atoms with Gasteiger partial charge in [0, 0.05) is 12.6 Å². The van der Waals surface area contributed by atoms with Gasteiger partial charge in [0.25, 0.3) is 0 Å². The van der Waals surface area contributed by atoms with Crippen LogP contribution in [-0.2, 0) is 6.54 Å². The highest BCUT2D eigenvalue weighted by atomic mass is 16.5. The first-order chi connectivity index (χ1) is 10.7. The third-order valence-electron chi connectivity index (χ3n) is 4.33. The predicted molar refractivity (Wildman–Crippen MR) is 88.1 cm³/mol. The molecule has 0 spiro atoms. The SMILES string of the molecule is COc1cc(CN(C)C2CCCNCC2)cc(OC)c1OC. The van der Waals surface area contributed by atoms with E-state index in [4.69, 9.17) is 14.2 Å². The largest absolute Gasteiger partial charge is 0.493 e. The topological polar surface area (TPSA) is 43.0 Å². The summed E-state index contributed by atoms with van der Waals surface area (Å²) in [4.78, 5) is 2.42. The second-order valence-electron chi connectivity index (χ2n) is 5.78. The maximum Gasteiger partial charge on any atom is 0.203 e. The smallest absolute Gasteiger partial charge is 0.203 e. The predicted octanol–water partition coefficient (Wildman–Crippen LogP) is 2.29. The lowest BCUT2D eigenvalue weighted by atomic mass is 10.1. The second kappa shape index (κ2) is 8.25. The number of hydrogen-bond acceptors (Lipinski definition) is 5. The molecular weight excluding hydrogens is 280 g/mol. The van der Waals surface area contributed by atoms with Crippen LogP contribution >= 0.6 is 0 Å². The van der Waals surface area contributed by atoms with E-state index in [1.54, 1.807) is 21.3 Å². The van der Waals surface area contributed by atoms with Crippen LogP contribution in [0.5, 0.6) is 17.2 Å². The lowest BCUT2D eigenvalue weighted by Crippen LogP contribution is -2.32. The van der Waals surface area contributed by atoms with Gasteiger partial charge in [0.15, 0.2) is 11.5 Å². The van der Waals surface area contributed by atoms with Crippen LogP contribution < -0.4 is 19.5 Å². The summed E-state index contributed by atoms with van der Waals surface area (Å²) < 4.78 is 16.2. The Labute approximate surface area is 133 Å². The van der Waals surface area contributed by atoms with Gasteiger partial charge in [-0.2, -0.15) is 0 Å². The fourth-order valence-corrected chi connectivity index (χ4v) is 3.09. The van der Waals surface area contributed by atoms with E-state index in [2.05, 4.69) is 17.3 Å². The average molecular weight is 308 g/mol. The molecule has 1 fully saturated rings. The summed E-state index contributed by atoms with van der Waals surface area (Å²) in [6.45, 7) is 3.11. The minimum Gasteiger partial charge on any atom is -0.493 e. The van der Waals surface area contributed by atoms with Gasteiger partial charge in [0.05, 0.1) is 21.3 Å². The summed E-state index contributed by atoms with van der Waals surface area (Å²) in [6.07, 6.45) is 3.68. The summed E-state index contributed by atoms with van der Waals surface area (Å²) >= 11 is 0. The van der Waals surface area contributed by atoms with Crippen LogP contribution in [0.3, 0.4) is 0 Å². The number of nitrogens with zero attached hydrogens (tertiary/aromatic N) is 1. The van der Waals surface area contributed by atoms with Crippen LogP contribution in [0.4, 0.5) is 0 Å². The molecule has 0 amide bonds. The van der Waals surface area contributed by atoms with Crippen molar-refractivity contribution < 1.29 is 14.2 Å². The van der Waals surface area contributed by atoms with Crippen molar-refractivity contribution in [3.05, 3.63) is 17.7 Å². The molecule has 1 heterocycles. The molecule has 1 aliphatic rings. The zero-order valence-corrected chi connectivity index (χ0v) is 14.1. The van der Waals surface area contributed by atoms with Crippen molar-refractivity contribution in [2.45, 2.75) is 31.8 Å². The lowest BCUT2D eigenvalue weighted by molar-refractivity contribution is 0.216. The quantitative estimate of drug-likeness (QED) is 0.873. The number of ether oxygens (including phenoxy) is 3. The second-order valence-corrected chi connectivity index (χ2v) is 5.78. The van der Waals surface area contributed by atoms with E-state index in [0.717, 1.165) is 19.6 Å². The van der Waals surface area contributed by atoms with E-state index in [1.165, 1.54) is 24.8 Å². The van der Waals surface area contributed by atoms with Gasteiger partial charge in [-0.05, 0) is 57.1 Å². The fraction of sp³-hybridized carbons (Fsp3) is 0.647. The highest BCUT2D eigenvalue weighted by molar-refractivity contribution is 5.53. The first kappa shape index (κ1) is 16.9. The molecule has 0 radical (unpaired) electrons. The molecule has 5 nitrogen and oxygen atoms in total. The molecule has 1 saturated heterocycles. The molecule has 1 N–H and O–H groups in total. The maximum atomic E-state index is 5.43. The van der Waals surface area contributed by atoms with Crippen molar-refractivity contribution >= 4 is 0 Å². The number of benzene rings is 1. The van der Waals surface area contributed by atoms with E-state index >= 15 is 0 Å². The van der Waals surface area contributed by atoms with E-state index < -0.39 is 0 Å². The summed E-state index contributed by atoms with van der Waals surface area (Å²) in [5.74, 6) is 2.08. The van der Waals surface area contributed by atoms with E-state index in [-0.39, 0.29) is 0 Å². The van der Waals surface area contributed by atoms with E-state index in [0.29, 0.717) is 23.3 Å². The Morgan fingerprint density at radius 3 is 2.32 bits per heavy atom. The number of methoxy groups -OCH3 is 3. The summed E-state index contributed by atoms with van der Waals surface area (Å²) in [5.41, 5.74) is 1.18. The highest BCUT2D eigenvalue weighted by Crippen LogP contribution is 2.38. The third kappa shape index (κ3) is 4.05. The molecule has 2 rings (SSSR count). The van der Waals surface area contributed by atoms with E-state index in [1.807, 2.05) is 12.1 Å². The Kier molecular flexibility index (Phi) is 6.34. The van der Waals surface area contributed by atoms with Crippen LogP contribution in [-0.4, -0.2) is 52.4 Å². The van der Waals surface area contributed by atoms with Crippen LogP contribution in [0.15, 0.2) is 12.1 Å². The summed E-state index contributed by atoms with van der Waals surface area (Å²) in [7, 11) is 7.13. The number of nitrogens with one attached hydrogen (secondary N) is 1. The number of hydrogen-bond donors (Lipinski definition) is 1. The van der Waals surface area contributed by atoms with Crippen LogP contribution in [0, 0.1) is 0 Å². The van der Waals surface area contributed by atoms with Gasteiger partial charge in [-0.25, -0.2) is 0 Å². The zero-order valence-electron chi connectivity index (χ0n) is 14.1. The molecule has 124 valence electrons. The van der Waals surface area contributed by atoms with Crippen molar-refractivity contribution in [3.8, 4) is 17.2 Å². The molecule has 0 saturated carbocycles. The molecule has 1 atom stereocenters. The van der Waals surface area contributed by atoms with Crippen molar-refractivity contribution in [2.75, 3.05) is 41.5 Å². The summed E-state index contributed by atoms with van der Waals surface area (Å²) in [6, 6.07) is 4.69. The third-order valence-corrected chi connectivity index (χ3v) is 4.33. The molecular formula is C17H28N2O3.